The number of benzene rings is 2. The van der Waals surface area contributed by atoms with Gasteiger partial charge in [0.1, 0.15) is 0 Å². The molecule has 0 bridgehead atoms. The lowest BCUT2D eigenvalue weighted by atomic mass is 10.1. The number of hydrogen-bond acceptors (Lipinski definition) is 6. The van der Waals surface area contributed by atoms with E-state index in [0.29, 0.717) is 41.1 Å². The summed E-state index contributed by atoms with van der Waals surface area (Å²) in [5, 5.41) is 10.9. The molecule has 0 saturated heterocycles. The van der Waals surface area contributed by atoms with Crippen molar-refractivity contribution in [3.8, 4) is 6.07 Å². The Morgan fingerprint density at radius 1 is 1.03 bits per heavy atom. The van der Waals surface area contributed by atoms with E-state index < -0.39 is 0 Å². The molecule has 2 aromatic carbocycles. The molecule has 0 N–H and O–H groups in total. The van der Waals surface area contributed by atoms with Crippen molar-refractivity contribution in [3.05, 3.63) is 101 Å². The lowest BCUT2D eigenvalue weighted by Gasteiger charge is -2.13. The van der Waals surface area contributed by atoms with Crippen molar-refractivity contribution in [2.45, 2.75) is 24.7 Å². The van der Waals surface area contributed by atoms with Crippen LogP contribution >= 0.6 is 11.8 Å². The fourth-order valence-corrected chi connectivity index (χ4v) is 4.99. The Balaban J connectivity index is 1.48. The van der Waals surface area contributed by atoms with Crippen LogP contribution in [0.1, 0.15) is 22.3 Å². The summed E-state index contributed by atoms with van der Waals surface area (Å²) in [6.07, 6.45) is 5.59. The SMILES string of the molecule is N#CCCn1cc(C(=O)CSc2nc3ccccc3c(=O)n2Cc2cccnc2)c2ccccc21. The highest BCUT2D eigenvalue weighted by molar-refractivity contribution is 7.99. The highest BCUT2D eigenvalue weighted by atomic mass is 32.2. The Morgan fingerprint density at radius 3 is 2.63 bits per heavy atom. The number of para-hydroxylation sites is 2. The smallest absolute Gasteiger partial charge is 0.262 e. The second-order valence-corrected chi connectivity index (χ2v) is 8.98. The van der Waals surface area contributed by atoms with Crippen LogP contribution in [-0.4, -0.2) is 30.6 Å². The van der Waals surface area contributed by atoms with Crippen LogP contribution < -0.4 is 5.56 Å². The van der Waals surface area contributed by atoms with Gasteiger partial charge in [0, 0.05) is 41.6 Å². The van der Waals surface area contributed by atoms with Gasteiger partial charge in [-0.3, -0.25) is 19.1 Å². The number of carbonyl (C=O) groups excluding carboxylic acids is 1. The maximum Gasteiger partial charge on any atom is 0.262 e. The van der Waals surface area contributed by atoms with Crippen LogP contribution in [0.15, 0.2) is 89.2 Å². The topological polar surface area (TPSA) is 93.6 Å². The fourth-order valence-electron chi connectivity index (χ4n) is 4.10. The number of aromatic nitrogens is 4. The van der Waals surface area contributed by atoms with Crippen molar-refractivity contribution < 1.29 is 4.79 Å². The van der Waals surface area contributed by atoms with Gasteiger partial charge in [0.15, 0.2) is 10.9 Å². The molecule has 5 aromatic rings. The van der Waals surface area contributed by atoms with Crippen LogP contribution in [0.4, 0.5) is 0 Å². The predicted octanol–water partition coefficient (Wildman–Crippen LogP) is 4.68. The van der Waals surface area contributed by atoms with Gasteiger partial charge in [-0.1, -0.05) is 48.2 Å². The molecule has 0 aliphatic carbocycles. The monoisotopic (exact) mass is 479 g/mol. The summed E-state index contributed by atoms with van der Waals surface area (Å²) in [7, 11) is 0. The van der Waals surface area contributed by atoms with Gasteiger partial charge in [-0.25, -0.2) is 4.98 Å². The van der Waals surface area contributed by atoms with E-state index in [9.17, 15) is 9.59 Å². The quantitative estimate of drug-likeness (QED) is 0.182. The molecule has 7 nitrogen and oxygen atoms in total. The minimum atomic E-state index is -0.150. The lowest BCUT2D eigenvalue weighted by Crippen LogP contribution is -2.24. The molecule has 0 radical (unpaired) electrons. The number of Topliss-reactive ketones (excluding diaryl/α,β-unsaturated/α-hetero) is 1. The number of pyridine rings is 1. The molecule has 0 unspecified atom stereocenters. The summed E-state index contributed by atoms with van der Waals surface area (Å²) in [4.78, 5) is 35.5. The molecule has 0 spiro atoms. The molecule has 3 heterocycles. The average Bonchev–Trinajstić information content (AvgIpc) is 3.27. The number of fused-ring (bicyclic) bond motifs is 2. The second kappa shape index (κ2) is 9.95. The summed E-state index contributed by atoms with van der Waals surface area (Å²) in [6.45, 7) is 0.836. The fraction of sp³-hybridized carbons (Fsp3) is 0.148. The first-order valence-electron chi connectivity index (χ1n) is 11.1. The van der Waals surface area contributed by atoms with Crippen LogP contribution in [0, 0.1) is 11.3 Å². The number of thioether (sulfide) groups is 1. The Hall–Kier alpha value is -4.22. The summed E-state index contributed by atoms with van der Waals surface area (Å²) < 4.78 is 3.55. The third kappa shape index (κ3) is 4.59. The number of carbonyl (C=O) groups is 1. The van der Waals surface area contributed by atoms with Crippen molar-refractivity contribution in [1.29, 1.82) is 5.26 Å². The van der Waals surface area contributed by atoms with Gasteiger partial charge >= 0.3 is 0 Å². The molecule has 0 amide bonds. The minimum Gasteiger partial charge on any atom is -0.346 e. The van der Waals surface area contributed by atoms with Crippen LogP contribution in [0.3, 0.4) is 0 Å². The van der Waals surface area contributed by atoms with Gasteiger partial charge in [0.05, 0.1) is 35.7 Å². The van der Waals surface area contributed by atoms with E-state index in [1.54, 1.807) is 29.1 Å². The molecule has 8 heteroatoms. The van der Waals surface area contributed by atoms with Crippen LogP contribution in [0.25, 0.3) is 21.8 Å². The lowest BCUT2D eigenvalue weighted by molar-refractivity contribution is 0.102. The largest absolute Gasteiger partial charge is 0.346 e. The van der Waals surface area contributed by atoms with Crippen molar-refractivity contribution in [1.82, 2.24) is 19.1 Å². The molecular formula is C27H21N5O2S. The van der Waals surface area contributed by atoms with E-state index in [4.69, 9.17) is 10.2 Å². The van der Waals surface area contributed by atoms with Crippen LogP contribution in [0.5, 0.6) is 0 Å². The molecule has 0 atom stereocenters. The normalized spacial score (nSPS) is 11.1. The van der Waals surface area contributed by atoms with Gasteiger partial charge in [-0.2, -0.15) is 5.26 Å². The van der Waals surface area contributed by atoms with E-state index in [2.05, 4.69) is 11.1 Å². The first-order chi connectivity index (χ1) is 17.2. The molecule has 172 valence electrons. The zero-order valence-corrected chi connectivity index (χ0v) is 19.6. The van der Waals surface area contributed by atoms with Crippen molar-refractivity contribution in [3.63, 3.8) is 0 Å². The number of nitriles is 1. The molecule has 0 saturated carbocycles. The highest BCUT2D eigenvalue weighted by Gasteiger charge is 2.18. The highest BCUT2D eigenvalue weighted by Crippen LogP contribution is 2.25. The molecule has 35 heavy (non-hydrogen) atoms. The second-order valence-electron chi connectivity index (χ2n) is 8.04. The maximum absolute atomic E-state index is 13.3. The molecule has 3 aromatic heterocycles. The van der Waals surface area contributed by atoms with Crippen molar-refractivity contribution >= 4 is 39.4 Å². The maximum atomic E-state index is 13.3. The van der Waals surface area contributed by atoms with E-state index in [1.165, 1.54) is 11.8 Å². The first-order valence-corrected chi connectivity index (χ1v) is 12.1. The third-order valence-corrected chi connectivity index (χ3v) is 6.75. The number of ketones is 1. The van der Waals surface area contributed by atoms with E-state index >= 15 is 0 Å². The van der Waals surface area contributed by atoms with Crippen LogP contribution in [-0.2, 0) is 13.1 Å². The number of hydrogen-bond donors (Lipinski definition) is 0. The number of nitrogens with zero attached hydrogens (tertiary/aromatic N) is 5. The van der Waals surface area contributed by atoms with E-state index in [-0.39, 0.29) is 17.1 Å². The zero-order chi connectivity index (χ0) is 24.2. The van der Waals surface area contributed by atoms with Gasteiger partial charge < -0.3 is 4.57 Å². The zero-order valence-electron chi connectivity index (χ0n) is 18.8. The molecular weight excluding hydrogens is 458 g/mol. The van der Waals surface area contributed by atoms with Crippen molar-refractivity contribution in [2.24, 2.45) is 0 Å². The Morgan fingerprint density at radius 2 is 1.83 bits per heavy atom. The van der Waals surface area contributed by atoms with Crippen molar-refractivity contribution in [2.75, 3.05) is 5.75 Å². The van der Waals surface area contributed by atoms with E-state index in [1.807, 2.05) is 59.3 Å². The van der Waals surface area contributed by atoms with Gasteiger partial charge in [-0.15, -0.1) is 0 Å². The summed E-state index contributed by atoms with van der Waals surface area (Å²) in [5.41, 5.74) is 2.85. The standard InChI is InChI=1S/C27H21N5O2S/c28-12-6-14-31-17-22(20-8-2-4-11-24(20)31)25(33)18-35-27-30-23-10-3-1-9-21(23)26(34)32(27)16-19-7-5-13-29-15-19/h1-5,7-11,13,15,17H,6,14,16,18H2. The minimum absolute atomic E-state index is 0.0581. The Bertz CT molecular complexity index is 1630. The van der Waals surface area contributed by atoms with Gasteiger partial charge in [0.2, 0.25) is 0 Å². The van der Waals surface area contributed by atoms with E-state index in [0.717, 1.165) is 16.5 Å². The number of rotatable bonds is 8. The summed E-state index contributed by atoms with van der Waals surface area (Å²) in [5.74, 6) is 0.0709. The van der Waals surface area contributed by atoms with Gasteiger partial charge in [-0.05, 0) is 29.8 Å². The van der Waals surface area contributed by atoms with Gasteiger partial charge in [0.25, 0.3) is 5.56 Å². The Labute approximate surface area is 205 Å². The molecule has 0 aliphatic heterocycles. The predicted molar refractivity (Wildman–Crippen MR) is 137 cm³/mol. The third-order valence-electron chi connectivity index (χ3n) is 5.78. The molecule has 0 aliphatic rings. The average molecular weight is 480 g/mol. The first kappa shape index (κ1) is 22.6. The summed E-state index contributed by atoms with van der Waals surface area (Å²) in [6, 6.07) is 20.8. The summed E-state index contributed by atoms with van der Waals surface area (Å²) >= 11 is 1.25. The molecule has 0 fully saturated rings. The molecule has 5 rings (SSSR count). The number of aryl methyl sites for hydroxylation is 1. The van der Waals surface area contributed by atoms with Crippen LogP contribution in [0.2, 0.25) is 0 Å². The Kier molecular flexibility index (Phi) is 6.42.